The van der Waals surface area contributed by atoms with E-state index in [0.29, 0.717) is 16.8 Å². The number of allylic oxidation sites excluding steroid dienone is 3. The topological polar surface area (TPSA) is 29.5 Å². The molecule has 20 heavy (non-hydrogen) atoms. The van der Waals surface area contributed by atoms with Crippen LogP contribution in [0.4, 0.5) is 0 Å². The van der Waals surface area contributed by atoms with Gasteiger partial charge in [0.1, 0.15) is 4.32 Å². The van der Waals surface area contributed by atoms with E-state index in [0.717, 1.165) is 43.6 Å². The first kappa shape index (κ1) is 14.3. The van der Waals surface area contributed by atoms with E-state index in [2.05, 4.69) is 18.2 Å². The lowest BCUT2D eigenvalue weighted by molar-refractivity contribution is -0.123. The van der Waals surface area contributed by atoms with Gasteiger partial charge in [-0.2, -0.15) is 0 Å². The summed E-state index contributed by atoms with van der Waals surface area (Å²) in [5, 5.41) is 0. The second kappa shape index (κ2) is 6.41. The fraction of sp³-hybridized carbons (Fsp3) is 0.600. The van der Waals surface area contributed by atoms with Gasteiger partial charge in [-0.05, 0) is 38.0 Å². The van der Waals surface area contributed by atoms with Gasteiger partial charge in [0.05, 0.1) is 17.6 Å². The van der Waals surface area contributed by atoms with E-state index in [4.69, 9.17) is 17.0 Å². The van der Waals surface area contributed by atoms with Crippen molar-refractivity contribution in [3.8, 4) is 0 Å². The summed E-state index contributed by atoms with van der Waals surface area (Å²) in [5.41, 5.74) is 0. The van der Waals surface area contributed by atoms with Crippen molar-refractivity contribution in [3.63, 3.8) is 0 Å². The van der Waals surface area contributed by atoms with E-state index in [1.807, 2.05) is 0 Å². The Hall–Kier alpha value is -0.650. The highest BCUT2D eigenvalue weighted by molar-refractivity contribution is 8.26. The lowest BCUT2D eigenvalue weighted by Gasteiger charge is -2.18. The van der Waals surface area contributed by atoms with E-state index < -0.39 is 0 Å². The van der Waals surface area contributed by atoms with Crippen molar-refractivity contribution in [2.24, 2.45) is 5.92 Å². The largest absolute Gasteiger partial charge is 0.376 e. The zero-order chi connectivity index (χ0) is 13.9. The number of nitrogens with zero attached hydrogens (tertiary/aromatic N) is 1. The number of carbonyl (C=O) groups excluding carboxylic acids is 1. The molecule has 0 saturated carbocycles. The summed E-state index contributed by atoms with van der Waals surface area (Å²) in [6.07, 6.45) is 12.1. The highest BCUT2D eigenvalue weighted by atomic mass is 32.2. The molecule has 0 N–H and O–H groups in total. The Morgan fingerprint density at radius 3 is 3.05 bits per heavy atom. The van der Waals surface area contributed by atoms with Crippen molar-refractivity contribution in [1.29, 1.82) is 0 Å². The highest BCUT2D eigenvalue weighted by Gasteiger charge is 2.34. The first-order valence-corrected chi connectivity index (χ1v) is 8.48. The van der Waals surface area contributed by atoms with Gasteiger partial charge in [-0.1, -0.05) is 42.2 Å². The Labute approximate surface area is 129 Å². The monoisotopic (exact) mass is 309 g/mol. The molecule has 0 spiro atoms. The molecule has 0 aromatic heterocycles. The maximum absolute atomic E-state index is 12.5. The molecule has 0 radical (unpaired) electrons. The molecule has 3 nitrogen and oxygen atoms in total. The number of thioether (sulfide) groups is 1. The van der Waals surface area contributed by atoms with Crippen molar-refractivity contribution in [1.82, 2.24) is 4.90 Å². The van der Waals surface area contributed by atoms with Crippen LogP contribution in [0.1, 0.15) is 32.1 Å². The van der Waals surface area contributed by atoms with Crippen LogP contribution in [0.5, 0.6) is 0 Å². The highest BCUT2D eigenvalue weighted by Crippen LogP contribution is 2.34. The molecule has 2 fully saturated rings. The number of rotatable bonds is 3. The molecule has 3 aliphatic rings. The SMILES string of the molecule is O=C1/C(=C/C2CC=CCC2)SC(=S)N1CC1CCCO1. The zero-order valence-corrected chi connectivity index (χ0v) is 13.0. The van der Waals surface area contributed by atoms with Crippen LogP contribution in [-0.2, 0) is 9.53 Å². The third-order valence-electron chi connectivity index (χ3n) is 3.98. The Bertz CT molecular complexity index is 466. The lowest BCUT2D eigenvalue weighted by atomic mass is 9.94. The molecule has 0 bridgehead atoms. The molecule has 2 aliphatic heterocycles. The third kappa shape index (κ3) is 3.15. The molecular formula is C15H19NO2S2. The van der Waals surface area contributed by atoms with Gasteiger partial charge in [-0.15, -0.1) is 0 Å². The number of amides is 1. The average Bonchev–Trinajstić information content (AvgIpc) is 3.05. The molecule has 1 aliphatic carbocycles. The number of ether oxygens (including phenoxy) is 1. The Balaban J connectivity index is 1.66. The van der Waals surface area contributed by atoms with Crippen LogP contribution < -0.4 is 0 Å². The first-order chi connectivity index (χ1) is 9.74. The van der Waals surface area contributed by atoms with Gasteiger partial charge in [0.2, 0.25) is 0 Å². The minimum Gasteiger partial charge on any atom is -0.376 e. The van der Waals surface area contributed by atoms with Crippen LogP contribution in [0, 0.1) is 5.92 Å². The minimum absolute atomic E-state index is 0.0741. The molecule has 3 rings (SSSR count). The number of carbonyl (C=O) groups is 1. The van der Waals surface area contributed by atoms with E-state index in [1.54, 1.807) is 4.90 Å². The maximum Gasteiger partial charge on any atom is 0.265 e. The molecule has 2 saturated heterocycles. The second-order valence-corrected chi connectivity index (χ2v) is 7.17. The molecule has 108 valence electrons. The summed E-state index contributed by atoms with van der Waals surface area (Å²) in [5.74, 6) is 0.557. The van der Waals surface area contributed by atoms with Crippen molar-refractivity contribution in [3.05, 3.63) is 23.1 Å². The fourth-order valence-electron chi connectivity index (χ4n) is 2.85. The quantitative estimate of drug-likeness (QED) is 0.455. The van der Waals surface area contributed by atoms with Crippen molar-refractivity contribution >= 4 is 34.2 Å². The van der Waals surface area contributed by atoms with Crippen LogP contribution in [-0.4, -0.2) is 34.4 Å². The molecule has 1 amide bonds. The fourth-order valence-corrected chi connectivity index (χ4v) is 4.19. The van der Waals surface area contributed by atoms with Crippen molar-refractivity contribution in [2.75, 3.05) is 13.2 Å². The molecule has 2 atom stereocenters. The third-order valence-corrected chi connectivity index (χ3v) is 5.38. The van der Waals surface area contributed by atoms with Crippen LogP contribution >= 0.6 is 24.0 Å². The van der Waals surface area contributed by atoms with Crippen LogP contribution in [0.25, 0.3) is 0 Å². The Morgan fingerprint density at radius 2 is 2.35 bits per heavy atom. The maximum atomic E-state index is 12.5. The van der Waals surface area contributed by atoms with E-state index in [-0.39, 0.29) is 12.0 Å². The van der Waals surface area contributed by atoms with Crippen molar-refractivity contribution in [2.45, 2.75) is 38.2 Å². The van der Waals surface area contributed by atoms with Gasteiger partial charge in [-0.3, -0.25) is 9.69 Å². The predicted octanol–water partition coefficient (Wildman–Crippen LogP) is 3.27. The van der Waals surface area contributed by atoms with E-state index in [9.17, 15) is 4.79 Å². The van der Waals surface area contributed by atoms with Crippen LogP contribution in [0.3, 0.4) is 0 Å². The van der Waals surface area contributed by atoms with Crippen LogP contribution in [0.2, 0.25) is 0 Å². The minimum atomic E-state index is 0.0741. The molecular weight excluding hydrogens is 290 g/mol. The average molecular weight is 309 g/mol. The lowest BCUT2D eigenvalue weighted by Crippen LogP contribution is -2.35. The van der Waals surface area contributed by atoms with Crippen molar-refractivity contribution < 1.29 is 9.53 Å². The summed E-state index contributed by atoms with van der Waals surface area (Å²) in [7, 11) is 0. The van der Waals surface area contributed by atoms with Gasteiger partial charge in [0, 0.05) is 6.61 Å². The summed E-state index contributed by atoms with van der Waals surface area (Å²) < 4.78 is 6.29. The van der Waals surface area contributed by atoms with Gasteiger partial charge < -0.3 is 4.74 Å². The number of hydrogen-bond acceptors (Lipinski definition) is 4. The van der Waals surface area contributed by atoms with E-state index >= 15 is 0 Å². The normalized spacial score (nSPS) is 32.6. The molecule has 2 heterocycles. The Kier molecular flexibility index (Phi) is 4.58. The van der Waals surface area contributed by atoms with Gasteiger partial charge in [0.15, 0.2) is 0 Å². The number of thiocarbonyl (C=S) groups is 1. The second-order valence-electron chi connectivity index (χ2n) is 5.49. The molecule has 0 aromatic rings. The summed E-state index contributed by atoms with van der Waals surface area (Å²) >= 11 is 6.80. The molecule has 2 unspecified atom stereocenters. The predicted molar refractivity (Wildman–Crippen MR) is 85.4 cm³/mol. The molecule has 0 aromatic carbocycles. The van der Waals surface area contributed by atoms with E-state index in [1.165, 1.54) is 11.8 Å². The molecule has 5 heteroatoms. The summed E-state index contributed by atoms with van der Waals surface area (Å²) in [4.78, 5) is 15.0. The first-order valence-electron chi connectivity index (χ1n) is 7.26. The summed E-state index contributed by atoms with van der Waals surface area (Å²) in [6.45, 7) is 1.43. The van der Waals surface area contributed by atoms with Gasteiger partial charge in [-0.25, -0.2) is 0 Å². The number of hydrogen-bond donors (Lipinski definition) is 0. The Morgan fingerprint density at radius 1 is 1.45 bits per heavy atom. The zero-order valence-electron chi connectivity index (χ0n) is 11.4. The smallest absolute Gasteiger partial charge is 0.265 e. The van der Waals surface area contributed by atoms with Gasteiger partial charge >= 0.3 is 0 Å². The van der Waals surface area contributed by atoms with Crippen LogP contribution in [0.15, 0.2) is 23.1 Å². The van der Waals surface area contributed by atoms with Gasteiger partial charge in [0.25, 0.3) is 5.91 Å². The summed E-state index contributed by atoms with van der Waals surface area (Å²) in [6, 6.07) is 0. The standard InChI is InChI=1S/C15H19NO2S2/c17-14-13(9-11-5-2-1-3-6-11)20-15(19)16(14)10-12-7-4-8-18-12/h1-2,9,11-12H,3-8,10H2/b13-9-.